The van der Waals surface area contributed by atoms with Gasteiger partial charge in [0, 0.05) is 12.5 Å². The predicted octanol–water partition coefficient (Wildman–Crippen LogP) is -0.380. The molecule has 0 unspecified atom stereocenters. The van der Waals surface area contributed by atoms with Crippen LogP contribution in [0.25, 0.3) is 0 Å². The van der Waals surface area contributed by atoms with Crippen LogP contribution in [0.5, 0.6) is 0 Å². The molecule has 0 aromatic heterocycles. The molecule has 0 bridgehead atoms. The van der Waals surface area contributed by atoms with E-state index in [0.29, 0.717) is 18.1 Å². The molecular formula is C7H13NO2. The molecule has 1 aliphatic carbocycles. The van der Waals surface area contributed by atoms with Crippen molar-refractivity contribution in [3.8, 4) is 0 Å². The summed E-state index contributed by atoms with van der Waals surface area (Å²) >= 11 is 0. The lowest BCUT2D eigenvalue weighted by Gasteiger charge is -2.09. The fraction of sp³-hybridized carbons (Fsp3) is 1.00. The van der Waals surface area contributed by atoms with Gasteiger partial charge in [0.25, 0.3) is 0 Å². The third-order valence-corrected chi connectivity index (χ3v) is 2.17. The Labute approximate surface area is 60.7 Å². The minimum absolute atomic E-state index is 0.404. The molecule has 1 saturated heterocycles. The summed E-state index contributed by atoms with van der Waals surface area (Å²) < 4.78 is 10.9. The van der Waals surface area contributed by atoms with Crippen LogP contribution in [0.3, 0.4) is 0 Å². The van der Waals surface area contributed by atoms with Gasteiger partial charge >= 0.3 is 0 Å². The fourth-order valence-electron chi connectivity index (χ4n) is 1.59. The third kappa shape index (κ3) is 0.944. The molecule has 1 heterocycles. The number of hydrogen-bond donors (Lipinski definition) is 1. The van der Waals surface area contributed by atoms with Crippen LogP contribution in [0.15, 0.2) is 0 Å². The standard InChI is InChI=1S/C7H13NO2/c1-8-4-5-6-7(5)10-3-2-9-6/h5-8H,2-4H2,1H3/t6-,7-/m0/s1. The zero-order valence-corrected chi connectivity index (χ0v) is 6.17. The molecule has 58 valence electrons. The molecule has 1 aliphatic heterocycles. The van der Waals surface area contributed by atoms with Crippen molar-refractivity contribution in [2.75, 3.05) is 26.8 Å². The number of hydrogen-bond acceptors (Lipinski definition) is 3. The average molecular weight is 143 g/mol. The molecule has 1 saturated carbocycles. The van der Waals surface area contributed by atoms with Gasteiger partial charge in [-0.05, 0) is 7.05 Å². The van der Waals surface area contributed by atoms with Crippen molar-refractivity contribution in [1.29, 1.82) is 0 Å². The molecule has 3 heteroatoms. The number of ether oxygens (including phenoxy) is 2. The molecule has 10 heavy (non-hydrogen) atoms. The van der Waals surface area contributed by atoms with Crippen molar-refractivity contribution in [1.82, 2.24) is 5.32 Å². The Balaban J connectivity index is 1.82. The molecule has 0 spiro atoms. The van der Waals surface area contributed by atoms with E-state index in [9.17, 15) is 0 Å². The van der Waals surface area contributed by atoms with Crippen molar-refractivity contribution < 1.29 is 9.47 Å². The largest absolute Gasteiger partial charge is 0.373 e. The van der Waals surface area contributed by atoms with Crippen molar-refractivity contribution in [2.45, 2.75) is 12.2 Å². The Morgan fingerprint density at radius 3 is 2.40 bits per heavy atom. The Hall–Kier alpha value is -0.120. The Morgan fingerprint density at radius 2 is 1.90 bits per heavy atom. The lowest BCUT2D eigenvalue weighted by atomic mass is 10.4. The van der Waals surface area contributed by atoms with Crippen LogP contribution in [0.4, 0.5) is 0 Å². The van der Waals surface area contributed by atoms with E-state index >= 15 is 0 Å². The van der Waals surface area contributed by atoms with E-state index in [2.05, 4.69) is 5.32 Å². The lowest BCUT2D eigenvalue weighted by Crippen LogP contribution is -2.16. The highest BCUT2D eigenvalue weighted by molar-refractivity contribution is 5.03. The van der Waals surface area contributed by atoms with E-state index in [0.717, 1.165) is 19.8 Å². The Morgan fingerprint density at radius 1 is 1.30 bits per heavy atom. The van der Waals surface area contributed by atoms with Gasteiger partial charge in [-0.25, -0.2) is 0 Å². The lowest BCUT2D eigenvalue weighted by molar-refractivity contribution is -0.0376. The summed E-state index contributed by atoms with van der Waals surface area (Å²) in [5, 5.41) is 3.13. The first-order valence-electron chi connectivity index (χ1n) is 3.81. The van der Waals surface area contributed by atoms with Crippen molar-refractivity contribution in [3.63, 3.8) is 0 Å². The zero-order chi connectivity index (χ0) is 6.97. The second kappa shape index (κ2) is 2.49. The summed E-state index contributed by atoms with van der Waals surface area (Å²) in [6.45, 7) is 2.58. The summed E-state index contributed by atoms with van der Waals surface area (Å²) in [7, 11) is 1.96. The number of nitrogens with one attached hydrogen (secondary N) is 1. The van der Waals surface area contributed by atoms with Crippen LogP contribution >= 0.6 is 0 Å². The van der Waals surface area contributed by atoms with Crippen LogP contribution in [-0.4, -0.2) is 39.0 Å². The second-order valence-electron chi connectivity index (χ2n) is 2.89. The Bertz CT molecular complexity index is 117. The van der Waals surface area contributed by atoms with Gasteiger partial charge < -0.3 is 14.8 Å². The van der Waals surface area contributed by atoms with Gasteiger partial charge in [0.1, 0.15) is 0 Å². The van der Waals surface area contributed by atoms with Gasteiger partial charge in [-0.1, -0.05) is 0 Å². The van der Waals surface area contributed by atoms with E-state index < -0.39 is 0 Å². The SMILES string of the molecule is CNCC1[C@@H]2OCCO[C@@H]12. The summed E-state index contributed by atoms with van der Waals surface area (Å²) in [6.07, 6.45) is 0.808. The highest BCUT2D eigenvalue weighted by Crippen LogP contribution is 2.39. The molecule has 0 aromatic rings. The molecule has 0 radical (unpaired) electrons. The minimum atomic E-state index is 0.404. The van der Waals surface area contributed by atoms with E-state index in [1.165, 1.54) is 0 Å². The summed E-state index contributed by atoms with van der Waals surface area (Å²) in [5.74, 6) is 0.618. The highest BCUT2D eigenvalue weighted by atomic mass is 16.6. The maximum atomic E-state index is 5.45. The predicted molar refractivity (Wildman–Crippen MR) is 36.9 cm³/mol. The maximum absolute atomic E-state index is 5.45. The molecule has 3 nitrogen and oxygen atoms in total. The topological polar surface area (TPSA) is 30.5 Å². The first-order chi connectivity index (χ1) is 4.93. The summed E-state index contributed by atoms with van der Waals surface area (Å²) in [6, 6.07) is 0. The molecule has 0 aromatic carbocycles. The fourth-order valence-corrected chi connectivity index (χ4v) is 1.59. The first-order valence-corrected chi connectivity index (χ1v) is 3.81. The van der Waals surface area contributed by atoms with E-state index in [1.807, 2.05) is 7.05 Å². The third-order valence-electron chi connectivity index (χ3n) is 2.17. The summed E-state index contributed by atoms with van der Waals surface area (Å²) in [5.41, 5.74) is 0. The van der Waals surface area contributed by atoms with Gasteiger partial charge in [-0.3, -0.25) is 0 Å². The number of rotatable bonds is 2. The number of fused-ring (bicyclic) bond motifs is 1. The van der Waals surface area contributed by atoms with Gasteiger partial charge in [-0.15, -0.1) is 0 Å². The quantitative estimate of drug-likeness (QED) is 0.571. The molecule has 1 N–H and O–H groups in total. The van der Waals surface area contributed by atoms with Crippen LogP contribution in [0.1, 0.15) is 0 Å². The van der Waals surface area contributed by atoms with Crippen molar-refractivity contribution >= 4 is 0 Å². The molecule has 2 rings (SSSR count). The Kier molecular flexibility index (Phi) is 1.64. The van der Waals surface area contributed by atoms with E-state index in [4.69, 9.17) is 9.47 Å². The maximum Gasteiger partial charge on any atom is 0.0908 e. The van der Waals surface area contributed by atoms with Gasteiger partial charge in [-0.2, -0.15) is 0 Å². The average Bonchev–Trinajstić information content (AvgIpc) is 2.66. The van der Waals surface area contributed by atoms with Crippen molar-refractivity contribution in [2.24, 2.45) is 5.92 Å². The molecular weight excluding hydrogens is 130 g/mol. The van der Waals surface area contributed by atoms with Gasteiger partial charge in [0.15, 0.2) is 0 Å². The molecule has 2 fully saturated rings. The molecule has 0 amide bonds. The van der Waals surface area contributed by atoms with E-state index in [1.54, 1.807) is 0 Å². The first kappa shape index (κ1) is 6.58. The summed E-state index contributed by atoms with van der Waals surface area (Å²) in [4.78, 5) is 0. The monoisotopic (exact) mass is 143 g/mol. The van der Waals surface area contributed by atoms with Gasteiger partial charge in [0.05, 0.1) is 25.4 Å². The normalized spacial score (nSPS) is 44.7. The molecule has 2 aliphatic rings. The van der Waals surface area contributed by atoms with Crippen molar-refractivity contribution in [3.05, 3.63) is 0 Å². The van der Waals surface area contributed by atoms with E-state index in [-0.39, 0.29) is 0 Å². The van der Waals surface area contributed by atoms with Crippen LogP contribution in [-0.2, 0) is 9.47 Å². The smallest absolute Gasteiger partial charge is 0.0908 e. The van der Waals surface area contributed by atoms with Crippen LogP contribution < -0.4 is 5.32 Å². The minimum Gasteiger partial charge on any atom is -0.373 e. The van der Waals surface area contributed by atoms with Gasteiger partial charge in [0.2, 0.25) is 0 Å². The second-order valence-corrected chi connectivity index (χ2v) is 2.89. The molecule has 2 atom stereocenters. The highest BCUT2D eigenvalue weighted by Gasteiger charge is 2.53. The van der Waals surface area contributed by atoms with Crippen LogP contribution in [0, 0.1) is 5.92 Å². The van der Waals surface area contributed by atoms with Crippen LogP contribution in [0.2, 0.25) is 0 Å². The zero-order valence-electron chi connectivity index (χ0n) is 6.17.